The summed E-state index contributed by atoms with van der Waals surface area (Å²) in [5.74, 6) is -1.07. The van der Waals surface area contributed by atoms with Crippen molar-refractivity contribution in [2.75, 3.05) is 6.54 Å². The van der Waals surface area contributed by atoms with Gasteiger partial charge >= 0.3 is 5.97 Å². The molecule has 118 valence electrons. The van der Waals surface area contributed by atoms with Crippen molar-refractivity contribution in [2.24, 2.45) is 5.41 Å². The second-order valence-corrected chi connectivity index (χ2v) is 5.89. The number of aromatic nitrogens is 2. The van der Waals surface area contributed by atoms with E-state index >= 15 is 0 Å². The average molecular weight is 305 g/mol. The summed E-state index contributed by atoms with van der Waals surface area (Å²) in [7, 11) is 0. The Labute approximate surface area is 128 Å². The maximum Gasteiger partial charge on any atom is 0.309 e. The third-order valence-electron chi connectivity index (χ3n) is 3.56. The summed E-state index contributed by atoms with van der Waals surface area (Å²) in [6, 6.07) is 6.11. The summed E-state index contributed by atoms with van der Waals surface area (Å²) in [6.45, 7) is 4.64. The lowest BCUT2D eigenvalue weighted by molar-refractivity contribution is -0.147. The number of nitrogens with zero attached hydrogens (tertiary/aromatic N) is 2. The SMILES string of the molecule is CC(C)(CCNCc1cnn(-c2ccc(F)cc2)c1)C(=O)O. The van der Waals surface area contributed by atoms with Crippen LogP contribution in [0.5, 0.6) is 0 Å². The van der Waals surface area contributed by atoms with E-state index in [1.165, 1.54) is 12.1 Å². The van der Waals surface area contributed by atoms with Gasteiger partial charge in [0.2, 0.25) is 0 Å². The Morgan fingerprint density at radius 3 is 2.68 bits per heavy atom. The quantitative estimate of drug-likeness (QED) is 0.772. The van der Waals surface area contributed by atoms with Crippen molar-refractivity contribution in [3.8, 4) is 5.69 Å². The number of carbonyl (C=O) groups is 1. The largest absolute Gasteiger partial charge is 0.481 e. The highest BCUT2D eigenvalue weighted by atomic mass is 19.1. The van der Waals surface area contributed by atoms with Crippen LogP contribution >= 0.6 is 0 Å². The van der Waals surface area contributed by atoms with Gasteiger partial charge in [-0.15, -0.1) is 0 Å². The number of carboxylic acid groups (broad SMARTS) is 1. The molecule has 1 aromatic heterocycles. The highest BCUT2D eigenvalue weighted by Crippen LogP contribution is 2.19. The van der Waals surface area contributed by atoms with Crippen molar-refractivity contribution in [3.05, 3.63) is 48.0 Å². The number of hydrogen-bond donors (Lipinski definition) is 2. The highest BCUT2D eigenvalue weighted by Gasteiger charge is 2.26. The van der Waals surface area contributed by atoms with Gasteiger partial charge in [-0.1, -0.05) is 0 Å². The third-order valence-corrected chi connectivity index (χ3v) is 3.56. The van der Waals surface area contributed by atoms with Crippen molar-refractivity contribution in [1.29, 1.82) is 0 Å². The molecule has 0 saturated carbocycles. The summed E-state index contributed by atoms with van der Waals surface area (Å²) in [6.07, 6.45) is 4.15. The topological polar surface area (TPSA) is 67.2 Å². The second kappa shape index (κ2) is 6.70. The molecule has 1 aromatic carbocycles. The molecule has 22 heavy (non-hydrogen) atoms. The average Bonchev–Trinajstić information content (AvgIpc) is 2.93. The molecule has 2 rings (SSSR count). The summed E-state index contributed by atoms with van der Waals surface area (Å²) in [4.78, 5) is 11.0. The van der Waals surface area contributed by atoms with Crippen LogP contribution in [0.25, 0.3) is 5.69 Å². The van der Waals surface area contributed by atoms with E-state index in [0.717, 1.165) is 11.3 Å². The first-order valence-electron chi connectivity index (χ1n) is 7.12. The van der Waals surface area contributed by atoms with E-state index in [9.17, 15) is 9.18 Å². The molecule has 0 aliphatic heterocycles. The smallest absolute Gasteiger partial charge is 0.309 e. The molecule has 0 unspecified atom stereocenters. The molecule has 0 saturated heterocycles. The molecular formula is C16H20FN3O2. The Bertz CT molecular complexity index is 635. The maximum atomic E-state index is 12.9. The summed E-state index contributed by atoms with van der Waals surface area (Å²) >= 11 is 0. The minimum atomic E-state index is -0.793. The molecule has 0 radical (unpaired) electrons. The minimum Gasteiger partial charge on any atom is -0.481 e. The van der Waals surface area contributed by atoms with Crippen molar-refractivity contribution >= 4 is 5.97 Å². The first-order chi connectivity index (χ1) is 10.4. The second-order valence-electron chi connectivity index (χ2n) is 5.89. The molecule has 2 aromatic rings. The zero-order valence-corrected chi connectivity index (χ0v) is 12.7. The fourth-order valence-corrected chi connectivity index (χ4v) is 1.93. The van der Waals surface area contributed by atoms with E-state index in [-0.39, 0.29) is 5.82 Å². The fourth-order valence-electron chi connectivity index (χ4n) is 1.93. The van der Waals surface area contributed by atoms with Gasteiger partial charge in [-0.3, -0.25) is 4.79 Å². The van der Waals surface area contributed by atoms with Gasteiger partial charge in [-0.05, 0) is 51.1 Å². The number of aliphatic carboxylic acids is 1. The molecular weight excluding hydrogens is 285 g/mol. The van der Waals surface area contributed by atoms with Crippen molar-refractivity contribution in [3.63, 3.8) is 0 Å². The van der Waals surface area contributed by atoms with Gasteiger partial charge in [0.15, 0.2) is 0 Å². The van der Waals surface area contributed by atoms with Gasteiger partial charge in [-0.2, -0.15) is 5.10 Å². The highest BCUT2D eigenvalue weighted by molar-refractivity contribution is 5.73. The first-order valence-corrected chi connectivity index (χ1v) is 7.12. The van der Waals surface area contributed by atoms with E-state index in [1.54, 1.807) is 36.9 Å². The number of halogens is 1. The van der Waals surface area contributed by atoms with Crippen molar-refractivity contribution in [1.82, 2.24) is 15.1 Å². The Kier molecular flexibility index (Phi) is 4.92. The summed E-state index contributed by atoms with van der Waals surface area (Å²) in [5.41, 5.74) is 1.04. The molecule has 0 bridgehead atoms. The van der Waals surface area contributed by atoms with E-state index in [1.807, 2.05) is 6.20 Å². The molecule has 0 aliphatic carbocycles. The molecule has 6 heteroatoms. The predicted molar refractivity (Wildman–Crippen MR) is 81.3 cm³/mol. The Hall–Kier alpha value is -2.21. The normalized spacial score (nSPS) is 11.6. The zero-order chi connectivity index (χ0) is 16.2. The Morgan fingerprint density at radius 1 is 1.36 bits per heavy atom. The number of carboxylic acids is 1. The van der Waals surface area contributed by atoms with Gasteiger partial charge in [0.25, 0.3) is 0 Å². The van der Waals surface area contributed by atoms with Crippen LogP contribution in [0.3, 0.4) is 0 Å². The molecule has 0 fully saturated rings. The van der Waals surface area contributed by atoms with Crippen LogP contribution < -0.4 is 5.32 Å². The van der Waals surface area contributed by atoms with Crippen LogP contribution in [0.4, 0.5) is 4.39 Å². The van der Waals surface area contributed by atoms with Crippen LogP contribution in [0.15, 0.2) is 36.7 Å². The van der Waals surface area contributed by atoms with E-state index in [2.05, 4.69) is 10.4 Å². The molecule has 2 N–H and O–H groups in total. The van der Waals surface area contributed by atoms with Gasteiger partial charge in [0.05, 0.1) is 17.3 Å². The number of nitrogens with one attached hydrogen (secondary N) is 1. The lowest BCUT2D eigenvalue weighted by atomic mass is 9.90. The molecule has 1 heterocycles. The lowest BCUT2D eigenvalue weighted by Gasteiger charge is -2.18. The zero-order valence-electron chi connectivity index (χ0n) is 12.7. The van der Waals surface area contributed by atoms with Gasteiger partial charge in [-0.25, -0.2) is 9.07 Å². The molecule has 0 amide bonds. The maximum absolute atomic E-state index is 12.9. The Balaban J connectivity index is 1.85. The van der Waals surface area contributed by atoms with Crippen molar-refractivity contribution < 1.29 is 14.3 Å². The van der Waals surface area contributed by atoms with Gasteiger partial charge < -0.3 is 10.4 Å². The summed E-state index contributed by atoms with van der Waals surface area (Å²) in [5, 5.41) is 16.5. The fraction of sp³-hybridized carbons (Fsp3) is 0.375. The van der Waals surface area contributed by atoms with Crippen LogP contribution in [0.1, 0.15) is 25.8 Å². The summed E-state index contributed by atoms with van der Waals surface area (Å²) < 4.78 is 14.6. The first kappa shape index (κ1) is 16.2. The molecule has 0 aliphatic rings. The predicted octanol–water partition coefficient (Wildman–Crippen LogP) is 2.60. The van der Waals surface area contributed by atoms with E-state index in [0.29, 0.717) is 19.5 Å². The van der Waals surface area contributed by atoms with Crippen LogP contribution in [0, 0.1) is 11.2 Å². The number of benzene rings is 1. The molecule has 0 atom stereocenters. The molecule has 5 nitrogen and oxygen atoms in total. The van der Waals surface area contributed by atoms with Gasteiger partial charge in [0.1, 0.15) is 5.82 Å². The van der Waals surface area contributed by atoms with Crippen LogP contribution in [-0.4, -0.2) is 27.4 Å². The standard InChI is InChI=1S/C16H20FN3O2/c1-16(2,15(21)22)7-8-18-9-12-10-19-20(11-12)14-5-3-13(17)4-6-14/h3-6,10-11,18H,7-9H2,1-2H3,(H,21,22). The van der Waals surface area contributed by atoms with Crippen molar-refractivity contribution in [2.45, 2.75) is 26.8 Å². The van der Waals surface area contributed by atoms with Gasteiger partial charge in [0, 0.05) is 18.3 Å². The number of hydrogen-bond acceptors (Lipinski definition) is 3. The Morgan fingerprint density at radius 2 is 2.05 bits per heavy atom. The van der Waals surface area contributed by atoms with Crippen LogP contribution in [0.2, 0.25) is 0 Å². The van der Waals surface area contributed by atoms with E-state index < -0.39 is 11.4 Å². The number of rotatable bonds is 7. The minimum absolute atomic E-state index is 0.279. The molecule has 0 spiro atoms. The van der Waals surface area contributed by atoms with E-state index in [4.69, 9.17) is 5.11 Å². The van der Waals surface area contributed by atoms with Crippen LogP contribution in [-0.2, 0) is 11.3 Å². The lowest BCUT2D eigenvalue weighted by Crippen LogP contribution is -2.28. The third kappa shape index (κ3) is 4.14. The monoisotopic (exact) mass is 305 g/mol.